The molecule has 0 spiro atoms. The van der Waals surface area contributed by atoms with E-state index >= 15 is 0 Å². The third-order valence-electron chi connectivity index (χ3n) is 8.95. The Hall–Kier alpha value is 0. The fraction of sp³-hybridized carbons (Fsp3) is 1.00. The van der Waals surface area contributed by atoms with Crippen LogP contribution in [0, 0.1) is 41.4 Å². The van der Waals surface area contributed by atoms with Crippen LogP contribution < -0.4 is 0 Å². The second-order valence-electron chi connectivity index (χ2n) is 10.5. The first-order chi connectivity index (χ1) is 13.1. The molecule has 160 valence electrons. The molecule has 0 aromatic heterocycles. The van der Waals surface area contributed by atoms with E-state index in [1.165, 1.54) is 96.3 Å². The second kappa shape index (κ2) is 12.5. The quantitative estimate of drug-likeness (QED) is 0.356. The minimum Gasteiger partial charge on any atom is -0.0654 e. The Balaban J connectivity index is 2.22. The lowest BCUT2D eigenvalue weighted by atomic mass is 9.61. The van der Waals surface area contributed by atoms with Crippen LogP contribution in [0.25, 0.3) is 0 Å². The van der Waals surface area contributed by atoms with Crippen molar-refractivity contribution in [3.63, 3.8) is 0 Å². The molecule has 0 aliphatic heterocycles. The molecule has 0 heterocycles. The summed E-state index contributed by atoms with van der Waals surface area (Å²) in [5.41, 5.74) is 0. The van der Waals surface area contributed by atoms with Gasteiger partial charge >= 0.3 is 0 Å². The molecule has 0 nitrogen and oxygen atoms in total. The molecule has 0 N–H and O–H groups in total. The second-order valence-corrected chi connectivity index (χ2v) is 10.5. The molecule has 2 rings (SSSR count). The van der Waals surface area contributed by atoms with Crippen molar-refractivity contribution in [1.29, 1.82) is 0 Å². The molecule has 0 radical (unpaired) electrons. The Morgan fingerprint density at radius 2 is 1.44 bits per heavy atom. The van der Waals surface area contributed by atoms with Crippen molar-refractivity contribution in [2.45, 2.75) is 131 Å². The van der Waals surface area contributed by atoms with Crippen molar-refractivity contribution in [2.75, 3.05) is 0 Å². The lowest BCUT2D eigenvalue weighted by molar-refractivity contribution is 0.0426. The first-order valence-corrected chi connectivity index (χ1v) is 13.1. The number of hydrogen-bond acceptors (Lipinski definition) is 0. The van der Waals surface area contributed by atoms with Crippen LogP contribution in [-0.2, 0) is 0 Å². The van der Waals surface area contributed by atoms with Gasteiger partial charge in [-0.3, -0.25) is 0 Å². The van der Waals surface area contributed by atoms with Gasteiger partial charge in [-0.15, -0.1) is 0 Å². The number of rotatable bonds is 10. The monoisotopic (exact) mass is 376 g/mol. The van der Waals surface area contributed by atoms with Gasteiger partial charge in [-0.1, -0.05) is 125 Å². The zero-order valence-corrected chi connectivity index (χ0v) is 19.6. The maximum absolute atomic E-state index is 2.71. The maximum atomic E-state index is 2.71. The molecular weight excluding hydrogens is 324 g/mol. The fourth-order valence-corrected chi connectivity index (χ4v) is 7.28. The van der Waals surface area contributed by atoms with Gasteiger partial charge in [0.2, 0.25) is 0 Å². The smallest absolute Gasteiger partial charge is 0.0324 e. The normalized spacial score (nSPS) is 29.7. The van der Waals surface area contributed by atoms with Crippen molar-refractivity contribution in [2.24, 2.45) is 41.4 Å². The molecule has 0 amide bonds. The summed E-state index contributed by atoms with van der Waals surface area (Å²) in [7, 11) is 0. The first kappa shape index (κ1) is 23.3. The minimum absolute atomic E-state index is 0.953. The van der Waals surface area contributed by atoms with Gasteiger partial charge in [0.25, 0.3) is 0 Å². The van der Waals surface area contributed by atoms with Crippen LogP contribution in [0.4, 0.5) is 0 Å². The highest BCUT2D eigenvalue weighted by Gasteiger charge is 2.42. The summed E-state index contributed by atoms with van der Waals surface area (Å²) < 4.78 is 0. The molecule has 2 saturated carbocycles. The lowest BCUT2D eigenvalue weighted by Crippen LogP contribution is -2.38. The third-order valence-corrected chi connectivity index (χ3v) is 8.95. The minimum atomic E-state index is 0.953. The van der Waals surface area contributed by atoms with Crippen molar-refractivity contribution in [1.82, 2.24) is 0 Å². The molecule has 0 aromatic carbocycles. The highest BCUT2D eigenvalue weighted by molar-refractivity contribution is 4.91. The molecule has 27 heavy (non-hydrogen) atoms. The van der Waals surface area contributed by atoms with E-state index in [-0.39, 0.29) is 0 Å². The predicted octanol–water partition coefficient (Wildman–Crippen LogP) is 9.28. The molecule has 0 bridgehead atoms. The van der Waals surface area contributed by atoms with Crippen molar-refractivity contribution in [3.05, 3.63) is 0 Å². The largest absolute Gasteiger partial charge is 0.0654 e. The van der Waals surface area contributed by atoms with Crippen LogP contribution >= 0.6 is 0 Å². The van der Waals surface area contributed by atoms with E-state index in [4.69, 9.17) is 0 Å². The number of unbranched alkanes of at least 4 members (excludes halogenated alkanes) is 1. The average molecular weight is 377 g/mol. The standard InChI is InChI=1S/C27H52/c1-6-9-17-23(7-2)25(8-3)27(26-20-15-16-21(26)4)22(5)24-18-13-11-10-12-14-19-24/h21-27H,6-20H2,1-5H3. The molecule has 0 aromatic rings. The van der Waals surface area contributed by atoms with Crippen LogP contribution in [0.2, 0.25) is 0 Å². The van der Waals surface area contributed by atoms with Gasteiger partial charge in [0.05, 0.1) is 0 Å². The van der Waals surface area contributed by atoms with Gasteiger partial charge in [0, 0.05) is 0 Å². The van der Waals surface area contributed by atoms with Gasteiger partial charge in [-0.2, -0.15) is 0 Å². The lowest BCUT2D eigenvalue weighted by Gasteiger charge is -2.45. The highest BCUT2D eigenvalue weighted by Crippen LogP contribution is 2.50. The molecular formula is C27H52. The van der Waals surface area contributed by atoms with E-state index in [9.17, 15) is 0 Å². The Morgan fingerprint density at radius 1 is 0.778 bits per heavy atom. The predicted molar refractivity (Wildman–Crippen MR) is 122 cm³/mol. The molecule has 0 heteroatoms. The summed E-state index contributed by atoms with van der Waals surface area (Å²) in [6.45, 7) is 12.7. The van der Waals surface area contributed by atoms with Gasteiger partial charge in [-0.05, 0) is 47.8 Å². The van der Waals surface area contributed by atoms with Crippen LogP contribution in [-0.4, -0.2) is 0 Å². The van der Waals surface area contributed by atoms with Crippen molar-refractivity contribution < 1.29 is 0 Å². The SMILES string of the molecule is CCCCC(CC)C(CC)C(C(C)C1CCCCCCC1)C1CCCC1C. The first-order valence-electron chi connectivity index (χ1n) is 13.1. The van der Waals surface area contributed by atoms with Crippen molar-refractivity contribution in [3.8, 4) is 0 Å². The zero-order valence-electron chi connectivity index (χ0n) is 19.6. The topological polar surface area (TPSA) is 0 Å². The van der Waals surface area contributed by atoms with Crippen molar-refractivity contribution >= 4 is 0 Å². The maximum Gasteiger partial charge on any atom is -0.0324 e. The van der Waals surface area contributed by atoms with E-state index in [0.29, 0.717) is 0 Å². The fourth-order valence-electron chi connectivity index (χ4n) is 7.28. The van der Waals surface area contributed by atoms with Gasteiger partial charge in [0.1, 0.15) is 0 Å². The molecule has 2 aliphatic rings. The average Bonchev–Trinajstić information content (AvgIpc) is 3.06. The summed E-state index contributed by atoms with van der Waals surface area (Å²) in [5.74, 6) is 6.92. The van der Waals surface area contributed by atoms with E-state index in [1.54, 1.807) is 0 Å². The van der Waals surface area contributed by atoms with Gasteiger partial charge in [0.15, 0.2) is 0 Å². The van der Waals surface area contributed by atoms with E-state index < -0.39 is 0 Å². The third kappa shape index (κ3) is 6.50. The summed E-state index contributed by atoms with van der Waals surface area (Å²) in [4.78, 5) is 0. The van der Waals surface area contributed by atoms with Gasteiger partial charge < -0.3 is 0 Å². The molecule has 6 atom stereocenters. The van der Waals surface area contributed by atoms with E-state index in [0.717, 1.165) is 41.4 Å². The molecule has 2 fully saturated rings. The van der Waals surface area contributed by atoms with Crippen LogP contribution in [0.15, 0.2) is 0 Å². The summed E-state index contributed by atoms with van der Waals surface area (Å²) in [6, 6.07) is 0. The molecule has 0 saturated heterocycles. The Kier molecular flexibility index (Phi) is 10.8. The van der Waals surface area contributed by atoms with Gasteiger partial charge in [-0.25, -0.2) is 0 Å². The highest BCUT2D eigenvalue weighted by atomic mass is 14.5. The summed E-state index contributed by atoms with van der Waals surface area (Å²) in [5, 5.41) is 0. The Morgan fingerprint density at radius 3 is 1.96 bits per heavy atom. The van der Waals surface area contributed by atoms with E-state index in [1.807, 2.05) is 0 Å². The van der Waals surface area contributed by atoms with Crippen LogP contribution in [0.5, 0.6) is 0 Å². The summed E-state index contributed by atoms with van der Waals surface area (Å²) >= 11 is 0. The molecule has 2 aliphatic carbocycles. The Labute approximate surface area is 172 Å². The van der Waals surface area contributed by atoms with Crippen LogP contribution in [0.1, 0.15) is 131 Å². The zero-order chi connectivity index (χ0) is 19.6. The Bertz CT molecular complexity index is 364. The van der Waals surface area contributed by atoms with E-state index in [2.05, 4.69) is 34.6 Å². The molecule has 6 unspecified atom stereocenters. The van der Waals surface area contributed by atoms with Crippen LogP contribution in [0.3, 0.4) is 0 Å². The summed E-state index contributed by atoms with van der Waals surface area (Å²) in [6.07, 6.45) is 22.2. The number of hydrogen-bond donors (Lipinski definition) is 0.